The van der Waals surface area contributed by atoms with Crippen molar-refractivity contribution < 1.29 is 14.0 Å². The van der Waals surface area contributed by atoms with Crippen LogP contribution in [0.1, 0.15) is 16.1 Å². The van der Waals surface area contributed by atoms with Gasteiger partial charge in [-0.3, -0.25) is 14.5 Å². The quantitative estimate of drug-likeness (QED) is 0.891. The molecule has 1 fully saturated rings. The smallest absolute Gasteiger partial charge is 0.264 e. The Morgan fingerprint density at radius 1 is 1.12 bits per heavy atom. The summed E-state index contributed by atoms with van der Waals surface area (Å²) in [6.45, 7) is 3.47. The minimum atomic E-state index is -0.371. The van der Waals surface area contributed by atoms with E-state index in [1.165, 1.54) is 23.5 Å². The van der Waals surface area contributed by atoms with E-state index in [1.807, 2.05) is 22.4 Å². The van der Waals surface area contributed by atoms with Crippen LogP contribution in [0.25, 0.3) is 0 Å². The van der Waals surface area contributed by atoms with Gasteiger partial charge in [0.2, 0.25) is 5.91 Å². The molecule has 2 heterocycles. The lowest BCUT2D eigenvalue weighted by molar-refractivity contribution is -0.116. The zero-order chi connectivity index (χ0) is 17.6. The second-order valence-corrected chi connectivity index (χ2v) is 6.87. The maximum atomic E-state index is 13.1. The Balaban J connectivity index is 1.40. The normalized spacial score (nSPS) is 15.2. The van der Waals surface area contributed by atoms with Gasteiger partial charge in [0.25, 0.3) is 5.91 Å². The van der Waals surface area contributed by atoms with Gasteiger partial charge in [-0.2, -0.15) is 0 Å². The lowest BCUT2D eigenvalue weighted by Gasteiger charge is -2.34. The summed E-state index contributed by atoms with van der Waals surface area (Å²) >= 11 is 1.46. The number of hydrogen-bond acceptors (Lipinski definition) is 4. The summed E-state index contributed by atoms with van der Waals surface area (Å²) in [5.74, 6) is -0.425. The predicted octanol–water partition coefficient (Wildman–Crippen LogP) is 2.67. The number of piperazine rings is 1. The number of anilines is 1. The Morgan fingerprint density at radius 2 is 1.92 bits per heavy atom. The highest BCUT2D eigenvalue weighted by Crippen LogP contribution is 2.14. The summed E-state index contributed by atoms with van der Waals surface area (Å²) in [5.41, 5.74) is 0.469. The molecule has 7 heteroatoms. The van der Waals surface area contributed by atoms with Crippen molar-refractivity contribution in [3.05, 3.63) is 52.5 Å². The highest BCUT2D eigenvalue weighted by atomic mass is 32.1. The highest BCUT2D eigenvalue weighted by Gasteiger charge is 2.22. The molecule has 0 unspecified atom stereocenters. The van der Waals surface area contributed by atoms with Crippen molar-refractivity contribution in [1.82, 2.24) is 9.80 Å². The minimum Gasteiger partial charge on any atom is -0.335 e. The molecule has 1 aliphatic rings. The first-order chi connectivity index (χ1) is 12.1. The molecule has 1 aromatic heterocycles. The van der Waals surface area contributed by atoms with E-state index >= 15 is 0 Å². The van der Waals surface area contributed by atoms with Gasteiger partial charge in [0, 0.05) is 44.8 Å². The summed E-state index contributed by atoms with van der Waals surface area (Å²) in [6, 6.07) is 9.59. The average molecular weight is 361 g/mol. The van der Waals surface area contributed by atoms with E-state index in [4.69, 9.17) is 0 Å². The van der Waals surface area contributed by atoms with Gasteiger partial charge in [0.05, 0.1) is 4.88 Å². The van der Waals surface area contributed by atoms with Crippen molar-refractivity contribution in [3.63, 3.8) is 0 Å². The molecule has 2 aromatic rings. The van der Waals surface area contributed by atoms with E-state index in [-0.39, 0.29) is 17.6 Å². The van der Waals surface area contributed by atoms with Crippen LogP contribution in [0, 0.1) is 5.82 Å². The van der Waals surface area contributed by atoms with Crippen molar-refractivity contribution in [2.75, 3.05) is 38.0 Å². The molecule has 1 saturated heterocycles. The molecule has 2 amide bonds. The zero-order valence-corrected chi connectivity index (χ0v) is 14.6. The molecule has 5 nitrogen and oxygen atoms in total. The summed E-state index contributed by atoms with van der Waals surface area (Å²) in [5, 5.41) is 4.60. The fraction of sp³-hybridized carbons (Fsp3) is 0.333. The first-order valence-corrected chi connectivity index (χ1v) is 9.10. The maximum absolute atomic E-state index is 13.1. The number of amides is 2. The molecule has 3 rings (SSSR count). The third-order valence-corrected chi connectivity index (χ3v) is 5.01. The lowest BCUT2D eigenvalue weighted by Crippen LogP contribution is -2.49. The fourth-order valence-electron chi connectivity index (χ4n) is 2.78. The van der Waals surface area contributed by atoms with Gasteiger partial charge in [0.1, 0.15) is 5.82 Å². The van der Waals surface area contributed by atoms with Crippen LogP contribution < -0.4 is 5.32 Å². The molecule has 0 bridgehead atoms. The Labute approximate surface area is 150 Å². The van der Waals surface area contributed by atoms with Crippen molar-refractivity contribution >= 4 is 28.8 Å². The topological polar surface area (TPSA) is 52.7 Å². The summed E-state index contributed by atoms with van der Waals surface area (Å²) < 4.78 is 13.1. The van der Waals surface area contributed by atoms with Crippen LogP contribution in [0.5, 0.6) is 0 Å². The van der Waals surface area contributed by atoms with E-state index in [9.17, 15) is 14.0 Å². The van der Waals surface area contributed by atoms with Crippen LogP contribution in [-0.2, 0) is 4.79 Å². The number of carbonyl (C=O) groups is 2. The molecule has 1 aliphatic heterocycles. The third kappa shape index (κ3) is 4.87. The van der Waals surface area contributed by atoms with E-state index in [2.05, 4.69) is 10.2 Å². The van der Waals surface area contributed by atoms with Crippen molar-refractivity contribution in [1.29, 1.82) is 0 Å². The molecule has 0 aliphatic carbocycles. The SMILES string of the molecule is O=C(CCN1CCN(C(=O)c2cccs2)CC1)Nc1cccc(F)c1. The number of rotatable bonds is 5. The molecular formula is C18H20FN3O2S. The fourth-order valence-corrected chi connectivity index (χ4v) is 3.47. The number of hydrogen-bond donors (Lipinski definition) is 1. The Hall–Kier alpha value is -2.25. The second-order valence-electron chi connectivity index (χ2n) is 5.92. The Kier molecular flexibility index (Phi) is 5.78. The van der Waals surface area contributed by atoms with Crippen molar-refractivity contribution in [2.45, 2.75) is 6.42 Å². The first kappa shape index (κ1) is 17.6. The summed E-state index contributed by atoms with van der Waals surface area (Å²) in [4.78, 5) is 29.1. The summed E-state index contributed by atoms with van der Waals surface area (Å²) in [6.07, 6.45) is 0.343. The zero-order valence-electron chi connectivity index (χ0n) is 13.8. The Morgan fingerprint density at radius 3 is 2.60 bits per heavy atom. The van der Waals surface area contributed by atoms with Gasteiger partial charge in [-0.1, -0.05) is 12.1 Å². The molecular weight excluding hydrogens is 341 g/mol. The van der Waals surface area contributed by atoms with Crippen LogP contribution in [-0.4, -0.2) is 54.3 Å². The van der Waals surface area contributed by atoms with Crippen LogP contribution >= 0.6 is 11.3 Å². The molecule has 0 atom stereocenters. The van der Waals surface area contributed by atoms with Gasteiger partial charge in [-0.15, -0.1) is 11.3 Å². The van der Waals surface area contributed by atoms with E-state index in [0.717, 1.165) is 18.0 Å². The van der Waals surface area contributed by atoms with Gasteiger partial charge < -0.3 is 10.2 Å². The van der Waals surface area contributed by atoms with Crippen molar-refractivity contribution in [3.8, 4) is 0 Å². The maximum Gasteiger partial charge on any atom is 0.264 e. The van der Waals surface area contributed by atoms with Gasteiger partial charge in [0.15, 0.2) is 0 Å². The highest BCUT2D eigenvalue weighted by molar-refractivity contribution is 7.12. The number of halogens is 1. The predicted molar refractivity (Wildman–Crippen MR) is 96.3 cm³/mol. The molecule has 25 heavy (non-hydrogen) atoms. The largest absolute Gasteiger partial charge is 0.335 e. The lowest BCUT2D eigenvalue weighted by atomic mass is 10.2. The third-order valence-electron chi connectivity index (χ3n) is 4.15. The van der Waals surface area contributed by atoms with E-state index in [0.29, 0.717) is 31.7 Å². The molecule has 1 aromatic carbocycles. The Bertz CT molecular complexity index is 728. The minimum absolute atomic E-state index is 0.0819. The monoisotopic (exact) mass is 361 g/mol. The van der Waals surface area contributed by atoms with Crippen LogP contribution in [0.15, 0.2) is 41.8 Å². The first-order valence-electron chi connectivity index (χ1n) is 8.22. The van der Waals surface area contributed by atoms with Crippen LogP contribution in [0.4, 0.5) is 10.1 Å². The number of nitrogens with one attached hydrogen (secondary N) is 1. The van der Waals surface area contributed by atoms with Gasteiger partial charge >= 0.3 is 0 Å². The number of thiophene rings is 1. The molecule has 1 N–H and O–H groups in total. The number of benzene rings is 1. The number of carbonyl (C=O) groups excluding carboxylic acids is 2. The second kappa shape index (κ2) is 8.22. The van der Waals surface area contributed by atoms with E-state index in [1.54, 1.807) is 12.1 Å². The van der Waals surface area contributed by atoms with E-state index < -0.39 is 0 Å². The van der Waals surface area contributed by atoms with Crippen LogP contribution in [0.2, 0.25) is 0 Å². The number of nitrogens with zero attached hydrogens (tertiary/aromatic N) is 2. The molecule has 0 saturated carbocycles. The average Bonchev–Trinajstić information content (AvgIpc) is 3.14. The molecule has 132 valence electrons. The van der Waals surface area contributed by atoms with Crippen LogP contribution in [0.3, 0.4) is 0 Å². The van der Waals surface area contributed by atoms with Gasteiger partial charge in [-0.05, 0) is 29.6 Å². The molecule has 0 radical (unpaired) electrons. The molecule has 0 spiro atoms. The summed E-state index contributed by atoms with van der Waals surface area (Å²) in [7, 11) is 0. The van der Waals surface area contributed by atoms with Gasteiger partial charge in [-0.25, -0.2) is 4.39 Å². The van der Waals surface area contributed by atoms with Crippen molar-refractivity contribution in [2.24, 2.45) is 0 Å². The standard InChI is InChI=1S/C18H20FN3O2S/c19-14-3-1-4-15(13-14)20-17(23)6-7-21-8-10-22(11-9-21)18(24)16-5-2-12-25-16/h1-5,12-13H,6-11H2,(H,20,23).